The van der Waals surface area contributed by atoms with Crippen LogP contribution < -0.4 is 5.32 Å². The van der Waals surface area contributed by atoms with Crippen molar-refractivity contribution in [1.82, 2.24) is 15.1 Å². The molecule has 2 aromatic rings. The number of amides is 4. The molecular weight excluding hydrogens is 357 g/mol. The van der Waals surface area contributed by atoms with E-state index in [0.717, 1.165) is 4.90 Å². The van der Waals surface area contributed by atoms with E-state index >= 15 is 0 Å². The molecular formula is C18H18FN3O3S. The molecule has 1 unspecified atom stereocenters. The fraction of sp³-hybridized carbons (Fsp3) is 0.278. The molecule has 1 saturated heterocycles. The van der Waals surface area contributed by atoms with Gasteiger partial charge in [0.2, 0.25) is 5.91 Å². The number of imide groups is 1. The summed E-state index contributed by atoms with van der Waals surface area (Å²) >= 11 is 1.36. The van der Waals surface area contributed by atoms with Gasteiger partial charge in [-0.05, 0) is 24.4 Å². The Kier molecular flexibility index (Phi) is 4.78. The van der Waals surface area contributed by atoms with E-state index in [1.165, 1.54) is 29.4 Å². The van der Waals surface area contributed by atoms with Crippen LogP contribution in [0.2, 0.25) is 0 Å². The Labute approximate surface area is 154 Å². The fourth-order valence-electron chi connectivity index (χ4n) is 2.80. The van der Waals surface area contributed by atoms with Crippen molar-refractivity contribution in [3.05, 3.63) is 58.0 Å². The molecule has 0 bridgehead atoms. The first kappa shape index (κ1) is 18.1. The number of urea groups is 1. The number of likely N-dealkylation sites (N-methyl/N-ethyl adjacent to an activating group) is 1. The van der Waals surface area contributed by atoms with E-state index in [1.807, 2.05) is 5.38 Å². The summed E-state index contributed by atoms with van der Waals surface area (Å²) in [5.41, 5.74) is -0.806. The Morgan fingerprint density at radius 3 is 2.65 bits per heavy atom. The van der Waals surface area contributed by atoms with Crippen molar-refractivity contribution in [1.29, 1.82) is 0 Å². The monoisotopic (exact) mass is 375 g/mol. The largest absolute Gasteiger partial charge is 0.340 e. The van der Waals surface area contributed by atoms with Gasteiger partial charge < -0.3 is 10.2 Å². The highest BCUT2D eigenvalue weighted by molar-refractivity contribution is 7.10. The maximum absolute atomic E-state index is 13.7. The van der Waals surface area contributed by atoms with Gasteiger partial charge in [0.1, 0.15) is 12.4 Å². The molecule has 0 radical (unpaired) electrons. The quantitative estimate of drug-likeness (QED) is 0.816. The zero-order chi connectivity index (χ0) is 18.9. The number of rotatable bonds is 5. The van der Waals surface area contributed by atoms with Gasteiger partial charge in [0.15, 0.2) is 5.54 Å². The lowest BCUT2D eigenvalue weighted by Crippen LogP contribution is -2.43. The van der Waals surface area contributed by atoms with E-state index in [4.69, 9.17) is 0 Å². The Balaban J connectivity index is 1.70. The lowest BCUT2D eigenvalue weighted by atomic mass is 10.0. The number of hydrogen-bond donors (Lipinski definition) is 1. The van der Waals surface area contributed by atoms with Gasteiger partial charge in [-0.25, -0.2) is 9.18 Å². The first-order valence-electron chi connectivity index (χ1n) is 7.98. The van der Waals surface area contributed by atoms with Crippen molar-refractivity contribution in [3.63, 3.8) is 0 Å². The van der Waals surface area contributed by atoms with Crippen LogP contribution in [0.15, 0.2) is 41.8 Å². The second kappa shape index (κ2) is 6.87. The molecule has 4 amide bonds. The van der Waals surface area contributed by atoms with E-state index in [1.54, 1.807) is 37.3 Å². The lowest BCUT2D eigenvalue weighted by molar-refractivity contribution is -0.138. The number of carbonyl (C=O) groups excluding carboxylic acids is 3. The molecule has 1 aliphatic heterocycles. The van der Waals surface area contributed by atoms with Crippen LogP contribution in [0.3, 0.4) is 0 Å². The van der Waals surface area contributed by atoms with Gasteiger partial charge in [-0.1, -0.05) is 24.3 Å². The fourth-order valence-corrected chi connectivity index (χ4v) is 3.63. The molecule has 3 rings (SSSR count). The zero-order valence-electron chi connectivity index (χ0n) is 14.4. The predicted octanol–water partition coefficient (Wildman–Crippen LogP) is 2.31. The SMILES string of the molecule is CN(Cc1ccccc1F)C(=O)CN1C(=O)NC(C)(c2cccs2)C1=O. The maximum Gasteiger partial charge on any atom is 0.325 e. The van der Waals surface area contributed by atoms with Gasteiger partial charge in [-0.3, -0.25) is 14.5 Å². The van der Waals surface area contributed by atoms with E-state index in [2.05, 4.69) is 5.32 Å². The average molecular weight is 375 g/mol. The van der Waals surface area contributed by atoms with Crippen LogP contribution in [0.5, 0.6) is 0 Å². The molecule has 1 fully saturated rings. The summed E-state index contributed by atoms with van der Waals surface area (Å²) in [6, 6.07) is 9.09. The van der Waals surface area contributed by atoms with Gasteiger partial charge in [0, 0.05) is 24.0 Å². The van der Waals surface area contributed by atoms with Crippen LogP contribution in [0, 0.1) is 5.82 Å². The maximum atomic E-state index is 13.7. The number of nitrogens with zero attached hydrogens (tertiary/aromatic N) is 2. The number of nitrogens with one attached hydrogen (secondary N) is 1. The molecule has 6 nitrogen and oxygen atoms in total. The number of benzene rings is 1. The Morgan fingerprint density at radius 1 is 1.27 bits per heavy atom. The van der Waals surface area contributed by atoms with Gasteiger partial charge in [0.05, 0.1) is 0 Å². The van der Waals surface area contributed by atoms with Crippen LogP contribution in [0.25, 0.3) is 0 Å². The smallest absolute Gasteiger partial charge is 0.325 e. The van der Waals surface area contributed by atoms with Gasteiger partial charge in [-0.15, -0.1) is 11.3 Å². The molecule has 1 atom stereocenters. The summed E-state index contributed by atoms with van der Waals surface area (Å²) in [7, 11) is 1.51. The average Bonchev–Trinajstić information content (AvgIpc) is 3.21. The highest BCUT2D eigenvalue weighted by atomic mass is 32.1. The minimum absolute atomic E-state index is 0.0529. The summed E-state index contributed by atoms with van der Waals surface area (Å²) in [5.74, 6) is -1.34. The van der Waals surface area contributed by atoms with Gasteiger partial charge in [0.25, 0.3) is 5.91 Å². The molecule has 26 heavy (non-hydrogen) atoms. The zero-order valence-corrected chi connectivity index (χ0v) is 15.2. The van der Waals surface area contributed by atoms with Crippen molar-refractivity contribution in [3.8, 4) is 0 Å². The number of thiophene rings is 1. The van der Waals surface area contributed by atoms with Crippen molar-refractivity contribution < 1.29 is 18.8 Å². The van der Waals surface area contributed by atoms with Crippen LogP contribution in [0.4, 0.5) is 9.18 Å². The van der Waals surface area contributed by atoms with Crippen molar-refractivity contribution in [2.24, 2.45) is 0 Å². The molecule has 0 aliphatic carbocycles. The molecule has 1 aromatic heterocycles. The molecule has 136 valence electrons. The third-order valence-corrected chi connectivity index (χ3v) is 5.46. The molecule has 0 saturated carbocycles. The normalized spacial score (nSPS) is 19.6. The van der Waals surface area contributed by atoms with Crippen molar-refractivity contribution >= 4 is 29.2 Å². The van der Waals surface area contributed by atoms with E-state index in [0.29, 0.717) is 10.4 Å². The summed E-state index contributed by atoms with van der Waals surface area (Å²) in [4.78, 5) is 40.3. The number of carbonyl (C=O) groups is 3. The molecule has 1 aliphatic rings. The number of hydrogen-bond acceptors (Lipinski definition) is 4. The summed E-state index contributed by atoms with van der Waals surface area (Å²) in [5, 5.41) is 4.47. The standard InChI is InChI=1S/C18H18FN3O3S/c1-18(14-8-5-9-26-14)16(24)22(17(25)20-18)11-15(23)21(2)10-12-6-3-4-7-13(12)19/h3-9H,10-11H2,1-2H3,(H,20,25). The predicted molar refractivity (Wildman–Crippen MR) is 94.8 cm³/mol. The number of halogens is 1. The van der Waals surface area contributed by atoms with Crippen molar-refractivity contribution in [2.75, 3.05) is 13.6 Å². The van der Waals surface area contributed by atoms with Crippen molar-refractivity contribution in [2.45, 2.75) is 19.0 Å². The van der Waals surface area contributed by atoms with E-state index < -0.39 is 35.7 Å². The topological polar surface area (TPSA) is 69.7 Å². The van der Waals surface area contributed by atoms with Gasteiger partial charge in [-0.2, -0.15) is 0 Å². The van der Waals surface area contributed by atoms with Crippen LogP contribution in [-0.2, 0) is 21.7 Å². The van der Waals surface area contributed by atoms with Crippen LogP contribution in [-0.4, -0.2) is 41.2 Å². The summed E-state index contributed by atoms with van der Waals surface area (Å²) in [6.45, 7) is 1.28. The first-order valence-corrected chi connectivity index (χ1v) is 8.86. The van der Waals surface area contributed by atoms with E-state index in [-0.39, 0.29) is 6.54 Å². The Morgan fingerprint density at radius 2 is 2.00 bits per heavy atom. The summed E-state index contributed by atoms with van der Waals surface area (Å²) in [6.07, 6.45) is 0. The van der Waals surface area contributed by atoms with Gasteiger partial charge >= 0.3 is 6.03 Å². The van der Waals surface area contributed by atoms with Crippen LogP contribution >= 0.6 is 11.3 Å². The lowest BCUT2D eigenvalue weighted by Gasteiger charge is -2.22. The molecule has 0 spiro atoms. The highest BCUT2D eigenvalue weighted by Crippen LogP contribution is 2.31. The molecule has 1 N–H and O–H groups in total. The minimum atomic E-state index is -1.17. The first-order chi connectivity index (χ1) is 12.3. The molecule has 8 heteroatoms. The van der Waals surface area contributed by atoms with Crippen LogP contribution in [0.1, 0.15) is 17.4 Å². The Hall–Kier alpha value is -2.74. The second-order valence-corrected chi connectivity index (χ2v) is 7.21. The Bertz CT molecular complexity index is 855. The third kappa shape index (κ3) is 3.20. The molecule has 2 heterocycles. The minimum Gasteiger partial charge on any atom is -0.340 e. The molecule has 1 aromatic carbocycles. The third-order valence-electron chi connectivity index (χ3n) is 4.37. The van der Waals surface area contributed by atoms with E-state index in [9.17, 15) is 18.8 Å². The highest BCUT2D eigenvalue weighted by Gasteiger charge is 2.50. The summed E-state index contributed by atoms with van der Waals surface area (Å²) < 4.78 is 13.7. The second-order valence-electron chi connectivity index (χ2n) is 6.26.